The molecule has 3 nitrogen and oxygen atoms in total. The van der Waals surface area contributed by atoms with Crippen LogP contribution in [0.1, 0.15) is 29.8 Å². The number of halogens is 1. The van der Waals surface area contributed by atoms with E-state index in [-0.39, 0.29) is 6.04 Å². The maximum Gasteiger partial charge on any atom is 0.0638 e. The topological polar surface area (TPSA) is 29.9 Å². The fourth-order valence-electron chi connectivity index (χ4n) is 2.02. The van der Waals surface area contributed by atoms with E-state index in [2.05, 4.69) is 23.4 Å². The molecule has 0 saturated carbocycles. The summed E-state index contributed by atoms with van der Waals surface area (Å²) < 4.78 is 1.84. The van der Waals surface area contributed by atoms with Gasteiger partial charge < -0.3 is 5.32 Å². The number of nitrogens with zero attached hydrogens (tertiary/aromatic N) is 2. The highest BCUT2D eigenvalue weighted by Gasteiger charge is 2.10. The Morgan fingerprint density at radius 3 is 2.72 bits per heavy atom. The predicted molar refractivity (Wildman–Crippen MR) is 74.7 cm³/mol. The number of hydrogen-bond acceptors (Lipinski definition) is 2. The van der Waals surface area contributed by atoms with Crippen LogP contribution in [0.3, 0.4) is 0 Å². The largest absolute Gasteiger partial charge is 0.306 e. The van der Waals surface area contributed by atoms with E-state index >= 15 is 0 Å². The Labute approximate surface area is 113 Å². The molecule has 1 heterocycles. The zero-order valence-corrected chi connectivity index (χ0v) is 11.7. The molecular formula is C14H18ClN3. The van der Waals surface area contributed by atoms with Gasteiger partial charge in [-0.15, -0.1) is 0 Å². The first kappa shape index (κ1) is 13.1. The Kier molecular flexibility index (Phi) is 4.04. The normalized spacial score (nSPS) is 12.7. The summed E-state index contributed by atoms with van der Waals surface area (Å²) >= 11 is 6.18. The van der Waals surface area contributed by atoms with Crippen molar-refractivity contribution in [2.75, 3.05) is 0 Å². The van der Waals surface area contributed by atoms with Gasteiger partial charge in [-0.25, -0.2) is 0 Å². The van der Waals surface area contributed by atoms with Crippen molar-refractivity contribution in [2.24, 2.45) is 7.05 Å². The Morgan fingerprint density at radius 2 is 2.11 bits per heavy atom. The Morgan fingerprint density at radius 1 is 1.39 bits per heavy atom. The summed E-state index contributed by atoms with van der Waals surface area (Å²) in [7, 11) is 1.94. The third-order valence-electron chi connectivity index (χ3n) is 3.09. The van der Waals surface area contributed by atoms with Crippen molar-refractivity contribution in [3.05, 3.63) is 52.3 Å². The van der Waals surface area contributed by atoms with Gasteiger partial charge in [-0.1, -0.05) is 29.8 Å². The van der Waals surface area contributed by atoms with Gasteiger partial charge in [0.25, 0.3) is 0 Å². The summed E-state index contributed by atoms with van der Waals surface area (Å²) in [6.07, 6.45) is 2.04. The minimum Gasteiger partial charge on any atom is -0.306 e. The number of aromatic nitrogens is 2. The highest BCUT2D eigenvalue weighted by atomic mass is 35.5. The van der Waals surface area contributed by atoms with Gasteiger partial charge >= 0.3 is 0 Å². The van der Waals surface area contributed by atoms with Crippen LogP contribution in [0.2, 0.25) is 5.02 Å². The maximum absolute atomic E-state index is 6.18. The predicted octanol–water partition coefficient (Wildman–Crippen LogP) is 3.23. The minimum atomic E-state index is 0.221. The van der Waals surface area contributed by atoms with Crippen molar-refractivity contribution in [1.82, 2.24) is 15.1 Å². The van der Waals surface area contributed by atoms with Crippen LogP contribution in [0.25, 0.3) is 0 Å². The molecule has 1 aromatic carbocycles. The minimum absolute atomic E-state index is 0.221. The van der Waals surface area contributed by atoms with Crippen molar-refractivity contribution in [1.29, 1.82) is 0 Å². The van der Waals surface area contributed by atoms with E-state index in [1.54, 1.807) is 0 Å². The second kappa shape index (κ2) is 5.55. The van der Waals surface area contributed by atoms with Crippen molar-refractivity contribution in [2.45, 2.75) is 26.4 Å². The van der Waals surface area contributed by atoms with E-state index in [9.17, 15) is 0 Å². The molecule has 0 aliphatic heterocycles. The van der Waals surface area contributed by atoms with Crippen LogP contribution >= 0.6 is 11.6 Å². The second-order valence-electron chi connectivity index (χ2n) is 4.54. The summed E-state index contributed by atoms with van der Waals surface area (Å²) in [5.74, 6) is 0. The number of aryl methyl sites for hydroxylation is 2. The lowest BCUT2D eigenvalue weighted by Crippen LogP contribution is -2.18. The molecule has 0 spiro atoms. The molecule has 18 heavy (non-hydrogen) atoms. The molecule has 0 radical (unpaired) electrons. The van der Waals surface area contributed by atoms with E-state index in [0.29, 0.717) is 0 Å². The fraction of sp³-hybridized carbons (Fsp3) is 0.357. The zero-order valence-electron chi connectivity index (χ0n) is 10.9. The molecule has 0 amide bonds. The van der Waals surface area contributed by atoms with Crippen LogP contribution in [-0.4, -0.2) is 9.78 Å². The molecule has 0 unspecified atom stereocenters. The molecule has 2 aromatic rings. The van der Waals surface area contributed by atoms with E-state index in [0.717, 1.165) is 22.8 Å². The van der Waals surface area contributed by atoms with E-state index in [1.807, 2.05) is 43.0 Å². The number of benzene rings is 1. The van der Waals surface area contributed by atoms with Gasteiger partial charge in [0.1, 0.15) is 0 Å². The summed E-state index contributed by atoms with van der Waals surface area (Å²) in [5, 5.41) is 8.61. The summed E-state index contributed by atoms with van der Waals surface area (Å²) in [6.45, 7) is 4.94. The summed E-state index contributed by atoms with van der Waals surface area (Å²) in [4.78, 5) is 0. The molecule has 1 atom stereocenters. The lowest BCUT2D eigenvalue weighted by molar-refractivity contribution is 0.573. The van der Waals surface area contributed by atoms with Crippen LogP contribution < -0.4 is 5.32 Å². The average molecular weight is 264 g/mol. The number of hydrogen-bond donors (Lipinski definition) is 1. The second-order valence-corrected chi connectivity index (χ2v) is 4.94. The van der Waals surface area contributed by atoms with Crippen molar-refractivity contribution < 1.29 is 0 Å². The maximum atomic E-state index is 6.18. The van der Waals surface area contributed by atoms with Crippen LogP contribution in [0, 0.1) is 6.92 Å². The third-order valence-corrected chi connectivity index (χ3v) is 3.43. The third kappa shape index (κ3) is 2.92. The Balaban J connectivity index is 2.03. The van der Waals surface area contributed by atoms with Gasteiger partial charge in [-0.05, 0) is 25.5 Å². The lowest BCUT2D eigenvalue weighted by atomic mass is 10.1. The van der Waals surface area contributed by atoms with E-state index in [1.165, 1.54) is 5.56 Å². The van der Waals surface area contributed by atoms with Crippen LogP contribution in [0.4, 0.5) is 0 Å². The standard InChI is InChI=1S/C14H18ClN3/c1-10-12(9-18(3)17-10)8-16-11(2)13-6-4-5-7-14(13)15/h4-7,9,11,16H,8H2,1-3H3/t11-/m1/s1. The molecule has 0 saturated heterocycles. The monoisotopic (exact) mass is 263 g/mol. The lowest BCUT2D eigenvalue weighted by Gasteiger charge is -2.15. The van der Waals surface area contributed by atoms with Crippen LogP contribution in [0.5, 0.6) is 0 Å². The molecule has 0 aliphatic carbocycles. The Hall–Kier alpha value is -1.32. The first-order valence-corrected chi connectivity index (χ1v) is 6.42. The first-order valence-electron chi connectivity index (χ1n) is 6.05. The zero-order chi connectivity index (χ0) is 13.1. The van der Waals surface area contributed by atoms with Crippen molar-refractivity contribution >= 4 is 11.6 Å². The summed E-state index contributed by atoms with van der Waals surface area (Å²) in [5.41, 5.74) is 3.41. The molecule has 0 bridgehead atoms. The highest BCUT2D eigenvalue weighted by molar-refractivity contribution is 6.31. The van der Waals surface area contributed by atoms with E-state index in [4.69, 9.17) is 11.6 Å². The molecule has 2 rings (SSSR count). The van der Waals surface area contributed by atoms with Gasteiger partial charge in [-0.2, -0.15) is 5.10 Å². The fourth-order valence-corrected chi connectivity index (χ4v) is 2.32. The molecule has 4 heteroatoms. The Bertz CT molecular complexity index is 534. The summed E-state index contributed by atoms with van der Waals surface area (Å²) in [6, 6.07) is 8.15. The molecule has 1 aromatic heterocycles. The van der Waals surface area contributed by atoms with Crippen LogP contribution in [0.15, 0.2) is 30.5 Å². The van der Waals surface area contributed by atoms with Gasteiger partial charge in [0.05, 0.1) is 5.69 Å². The van der Waals surface area contributed by atoms with Gasteiger partial charge in [-0.3, -0.25) is 4.68 Å². The highest BCUT2D eigenvalue weighted by Crippen LogP contribution is 2.22. The average Bonchev–Trinajstić information content (AvgIpc) is 2.65. The van der Waals surface area contributed by atoms with Gasteiger partial charge in [0.15, 0.2) is 0 Å². The van der Waals surface area contributed by atoms with Gasteiger partial charge in [0.2, 0.25) is 0 Å². The first-order chi connectivity index (χ1) is 8.58. The molecular weight excluding hydrogens is 246 g/mol. The SMILES string of the molecule is Cc1nn(C)cc1CN[C@H](C)c1ccccc1Cl. The van der Waals surface area contributed by atoms with Gasteiger partial charge in [0, 0.05) is 36.4 Å². The number of rotatable bonds is 4. The molecule has 1 N–H and O–H groups in total. The number of nitrogens with one attached hydrogen (secondary N) is 1. The van der Waals surface area contributed by atoms with E-state index < -0.39 is 0 Å². The molecule has 0 aliphatic rings. The molecule has 0 fully saturated rings. The van der Waals surface area contributed by atoms with Crippen molar-refractivity contribution in [3.8, 4) is 0 Å². The van der Waals surface area contributed by atoms with Crippen molar-refractivity contribution in [3.63, 3.8) is 0 Å². The van der Waals surface area contributed by atoms with Crippen LogP contribution in [-0.2, 0) is 13.6 Å². The molecule has 96 valence electrons. The quantitative estimate of drug-likeness (QED) is 0.918. The smallest absolute Gasteiger partial charge is 0.0638 e.